The highest BCUT2D eigenvalue weighted by molar-refractivity contribution is 6.99. The molecule has 2 heterocycles. The number of rotatable bonds is 3. The normalized spacial score (nSPS) is 11.4. The van der Waals surface area contributed by atoms with Crippen molar-refractivity contribution in [2.75, 3.05) is 5.32 Å². The number of amides is 1. The molecule has 2 aromatic heterocycles. The van der Waals surface area contributed by atoms with Crippen molar-refractivity contribution in [3.63, 3.8) is 0 Å². The molecular weight excluding hydrogens is 228 g/mol. The van der Waals surface area contributed by atoms with Crippen LogP contribution in [0.3, 0.4) is 0 Å². The molecule has 84 valence electrons. The van der Waals surface area contributed by atoms with E-state index in [-0.39, 0.29) is 5.91 Å². The Hall–Kier alpha value is -1.76. The van der Waals surface area contributed by atoms with Gasteiger partial charge in [0.05, 0.1) is 24.1 Å². The van der Waals surface area contributed by atoms with Crippen LogP contribution in [-0.2, 0) is 10.2 Å². The van der Waals surface area contributed by atoms with Crippen molar-refractivity contribution in [1.29, 1.82) is 0 Å². The summed E-state index contributed by atoms with van der Waals surface area (Å²) in [5, 5.41) is 6.25. The summed E-state index contributed by atoms with van der Waals surface area (Å²) in [4.78, 5) is 12.0. The van der Waals surface area contributed by atoms with E-state index in [0.29, 0.717) is 11.6 Å². The van der Waals surface area contributed by atoms with Crippen LogP contribution < -0.4 is 5.32 Å². The van der Waals surface area contributed by atoms with Gasteiger partial charge < -0.3 is 9.84 Å². The second kappa shape index (κ2) is 4.01. The van der Waals surface area contributed by atoms with E-state index in [1.165, 1.54) is 12.4 Å². The number of hydrogen-bond donors (Lipinski definition) is 1. The lowest BCUT2D eigenvalue weighted by Gasteiger charge is -2.19. The Morgan fingerprint density at radius 3 is 2.94 bits per heavy atom. The maximum absolute atomic E-state index is 12.0. The number of carbonyl (C=O) groups is 1. The molecule has 0 atom stereocenters. The largest absolute Gasteiger partial charge is 0.360 e. The second-order valence-electron chi connectivity index (χ2n) is 3.75. The maximum Gasteiger partial charge on any atom is 0.239 e. The quantitative estimate of drug-likeness (QED) is 0.875. The van der Waals surface area contributed by atoms with Gasteiger partial charge in [0.2, 0.25) is 5.91 Å². The van der Waals surface area contributed by atoms with Crippen LogP contribution in [0, 0.1) is 0 Å². The minimum absolute atomic E-state index is 0.211. The number of anilines is 1. The van der Waals surface area contributed by atoms with Crippen molar-refractivity contribution >= 4 is 23.5 Å². The van der Waals surface area contributed by atoms with Gasteiger partial charge in [0.15, 0.2) is 11.6 Å². The summed E-state index contributed by atoms with van der Waals surface area (Å²) in [5.41, 5.74) is -0.792. The molecule has 7 heteroatoms. The summed E-state index contributed by atoms with van der Waals surface area (Å²) in [6.07, 6.45) is 3.01. The Labute approximate surface area is 96.0 Å². The fourth-order valence-electron chi connectivity index (χ4n) is 1.14. The molecule has 0 aliphatic heterocycles. The molecule has 0 saturated carbocycles. The lowest BCUT2D eigenvalue weighted by molar-refractivity contribution is -0.121. The highest BCUT2D eigenvalue weighted by Crippen LogP contribution is 2.24. The number of aromatic nitrogens is 3. The van der Waals surface area contributed by atoms with E-state index in [1.807, 2.05) is 0 Å². The first-order chi connectivity index (χ1) is 7.60. The van der Waals surface area contributed by atoms with Gasteiger partial charge >= 0.3 is 0 Å². The van der Waals surface area contributed by atoms with Crippen LogP contribution in [0.25, 0.3) is 0 Å². The number of carbonyl (C=O) groups excluding carboxylic acids is 1. The average molecular weight is 238 g/mol. The molecule has 2 aromatic rings. The Kier molecular flexibility index (Phi) is 2.69. The van der Waals surface area contributed by atoms with Crippen molar-refractivity contribution in [2.24, 2.45) is 0 Å². The Morgan fingerprint density at radius 1 is 1.56 bits per heavy atom. The first-order valence-corrected chi connectivity index (χ1v) is 5.34. The van der Waals surface area contributed by atoms with Gasteiger partial charge in [0.25, 0.3) is 0 Å². The van der Waals surface area contributed by atoms with Crippen LogP contribution in [0.1, 0.15) is 19.6 Å². The minimum Gasteiger partial charge on any atom is -0.360 e. The van der Waals surface area contributed by atoms with Crippen molar-refractivity contribution in [3.05, 3.63) is 24.2 Å². The lowest BCUT2D eigenvalue weighted by atomic mass is 9.89. The third-order valence-electron chi connectivity index (χ3n) is 2.22. The molecule has 0 fully saturated rings. The summed E-state index contributed by atoms with van der Waals surface area (Å²) in [6.45, 7) is 3.51. The van der Waals surface area contributed by atoms with E-state index in [1.54, 1.807) is 19.9 Å². The third-order valence-corrected chi connectivity index (χ3v) is 2.70. The zero-order chi connectivity index (χ0) is 11.6. The molecule has 0 bridgehead atoms. The molecule has 1 N–H and O–H groups in total. The van der Waals surface area contributed by atoms with Crippen LogP contribution in [0.4, 0.5) is 5.82 Å². The molecule has 0 aliphatic rings. The van der Waals surface area contributed by atoms with Gasteiger partial charge in [-0.25, -0.2) is 0 Å². The van der Waals surface area contributed by atoms with E-state index in [9.17, 15) is 4.79 Å². The van der Waals surface area contributed by atoms with E-state index < -0.39 is 5.41 Å². The molecule has 0 spiro atoms. The summed E-state index contributed by atoms with van der Waals surface area (Å²) >= 11 is 1.04. The van der Waals surface area contributed by atoms with E-state index in [2.05, 4.69) is 19.2 Å². The third kappa shape index (κ3) is 1.94. The zero-order valence-electron chi connectivity index (χ0n) is 8.80. The molecule has 0 unspecified atom stereocenters. The second-order valence-corrected chi connectivity index (χ2v) is 4.31. The van der Waals surface area contributed by atoms with Crippen LogP contribution in [0.15, 0.2) is 23.0 Å². The van der Waals surface area contributed by atoms with E-state index >= 15 is 0 Å². The average Bonchev–Trinajstić information content (AvgIpc) is 2.89. The summed E-state index contributed by atoms with van der Waals surface area (Å²) in [7, 11) is 0. The SMILES string of the molecule is CC(C)(C(=O)Nc1cnsn1)c1ccno1. The van der Waals surface area contributed by atoms with Gasteiger partial charge in [-0.3, -0.25) is 4.79 Å². The summed E-state index contributed by atoms with van der Waals surface area (Å²) in [6, 6.07) is 1.67. The number of hydrogen-bond acceptors (Lipinski definition) is 6. The first-order valence-electron chi connectivity index (χ1n) is 4.61. The Balaban J connectivity index is 2.15. The minimum atomic E-state index is -0.792. The predicted octanol–water partition coefficient (Wildman–Crippen LogP) is 1.44. The van der Waals surface area contributed by atoms with E-state index in [0.717, 1.165) is 11.7 Å². The smallest absolute Gasteiger partial charge is 0.239 e. The highest BCUT2D eigenvalue weighted by Gasteiger charge is 2.33. The molecule has 0 radical (unpaired) electrons. The van der Waals surface area contributed by atoms with Crippen molar-refractivity contribution in [2.45, 2.75) is 19.3 Å². The van der Waals surface area contributed by atoms with Crippen molar-refractivity contribution in [3.8, 4) is 0 Å². The molecule has 6 nitrogen and oxygen atoms in total. The fraction of sp³-hybridized carbons (Fsp3) is 0.333. The molecule has 0 aromatic carbocycles. The number of nitrogens with zero attached hydrogens (tertiary/aromatic N) is 3. The molecule has 0 aliphatic carbocycles. The lowest BCUT2D eigenvalue weighted by Crippen LogP contribution is -2.34. The van der Waals surface area contributed by atoms with Crippen LogP contribution in [-0.4, -0.2) is 19.8 Å². The maximum atomic E-state index is 12.0. The topological polar surface area (TPSA) is 80.9 Å². The highest BCUT2D eigenvalue weighted by atomic mass is 32.1. The number of nitrogens with one attached hydrogen (secondary N) is 1. The van der Waals surface area contributed by atoms with Gasteiger partial charge in [-0.15, -0.1) is 0 Å². The Morgan fingerprint density at radius 2 is 2.38 bits per heavy atom. The molecule has 16 heavy (non-hydrogen) atoms. The predicted molar refractivity (Wildman–Crippen MR) is 58.1 cm³/mol. The fourth-order valence-corrected chi connectivity index (χ4v) is 1.52. The summed E-state index contributed by atoms with van der Waals surface area (Å²) < 4.78 is 12.7. The van der Waals surface area contributed by atoms with Gasteiger partial charge in [-0.2, -0.15) is 8.75 Å². The van der Waals surface area contributed by atoms with Crippen LogP contribution >= 0.6 is 11.7 Å². The van der Waals surface area contributed by atoms with E-state index in [4.69, 9.17) is 4.52 Å². The van der Waals surface area contributed by atoms with Crippen molar-refractivity contribution in [1.82, 2.24) is 13.9 Å². The molecular formula is C9H10N4O2S. The van der Waals surface area contributed by atoms with Gasteiger partial charge in [-0.1, -0.05) is 5.16 Å². The molecule has 0 saturated heterocycles. The standard InChI is InChI=1S/C9H10N4O2S/c1-9(2,6-3-4-10-15-6)8(14)12-7-5-11-16-13-7/h3-5H,1-2H3,(H,12,13,14). The Bertz CT molecular complexity index is 464. The monoisotopic (exact) mass is 238 g/mol. The van der Waals surface area contributed by atoms with Gasteiger partial charge in [0.1, 0.15) is 5.41 Å². The summed E-state index contributed by atoms with van der Waals surface area (Å²) in [5.74, 6) is 0.743. The van der Waals surface area contributed by atoms with Gasteiger partial charge in [-0.05, 0) is 13.8 Å². The van der Waals surface area contributed by atoms with Gasteiger partial charge in [0, 0.05) is 6.07 Å². The van der Waals surface area contributed by atoms with Crippen LogP contribution in [0.2, 0.25) is 0 Å². The molecule has 2 rings (SSSR count). The van der Waals surface area contributed by atoms with Crippen LogP contribution in [0.5, 0.6) is 0 Å². The van der Waals surface area contributed by atoms with Crippen molar-refractivity contribution < 1.29 is 9.32 Å². The first kappa shape index (κ1) is 10.7. The zero-order valence-corrected chi connectivity index (χ0v) is 9.61. The molecule has 1 amide bonds.